The summed E-state index contributed by atoms with van der Waals surface area (Å²) in [7, 11) is 0. The van der Waals surface area contributed by atoms with E-state index in [1.165, 1.54) is 16.9 Å². The predicted molar refractivity (Wildman–Crippen MR) is 153 cm³/mol. The van der Waals surface area contributed by atoms with Crippen molar-refractivity contribution >= 4 is 39.4 Å². The molecule has 8 nitrogen and oxygen atoms in total. The third-order valence-electron chi connectivity index (χ3n) is 7.10. The Balaban J connectivity index is 1.18. The minimum atomic E-state index is 0.101. The first kappa shape index (κ1) is 24.5. The van der Waals surface area contributed by atoms with Gasteiger partial charge in [0.1, 0.15) is 0 Å². The summed E-state index contributed by atoms with van der Waals surface area (Å²) in [6.07, 6.45) is 1.65. The van der Waals surface area contributed by atoms with Gasteiger partial charge in [0.25, 0.3) is 0 Å². The number of rotatable bonds is 8. The molecule has 6 rings (SSSR count). The van der Waals surface area contributed by atoms with Crippen molar-refractivity contribution in [2.75, 3.05) is 32.7 Å². The minimum absolute atomic E-state index is 0.101. The van der Waals surface area contributed by atoms with Crippen LogP contribution in [-0.4, -0.2) is 68.8 Å². The lowest BCUT2D eigenvalue weighted by atomic mass is 10.1. The fourth-order valence-electron chi connectivity index (χ4n) is 4.99. The van der Waals surface area contributed by atoms with Crippen molar-refractivity contribution in [1.29, 1.82) is 0 Å². The van der Waals surface area contributed by atoms with Gasteiger partial charge in [-0.1, -0.05) is 36.3 Å². The van der Waals surface area contributed by atoms with Crippen LogP contribution in [0.4, 0.5) is 0 Å². The molecule has 1 aliphatic heterocycles. The normalized spacial score (nSPS) is 15.2. The fourth-order valence-corrected chi connectivity index (χ4v) is 5.53. The van der Waals surface area contributed by atoms with E-state index in [1.807, 2.05) is 29.6 Å². The zero-order chi connectivity index (χ0) is 25.9. The lowest BCUT2D eigenvalue weighted by Gasteiger charge is -2.34. The molecule has 2 N–H and O–H groups in total. The van der Waals surface area contributed by atoms with Gasteiger partial charge >= 0.3 is 0 Å². The van der Waals surface area contributed by atoms with Crippen molar-refractivity contribution in [2.45, 2.75) is 20.1 Å². The molecule has 9 heteroatoms. The summed E-state index contributed by atoms with van der Waals surface area (Å²) in [5.41, 5.74) is 7.93. The van der Waals surface area contributed by atoms with Crippen LogP contribution < -0.4 is 0 Å². The first-order valence-electron chi connectivity index (χ1n) is 12.9. The highest BCUT2D eigenvalue weighted by Gasteiger charge is 2.17. The number of pyridine rings is 1. The van der Waals surface area contributed by atoms with Gasteiger partial charge in [0.05, 0.1) is 34.2 Å². The molecule has 2 aromatic carbocycles. The molecule has 194 valence electrons. The molecule has 1 aliphatic rings. The summed E-state index contributed by atoms with van der Waals surface area (Å²) < 4.78 is 0. The molecular formula is C29H30N6O2S. The number of benzene rings is 2. The zero-order valence-corrected chi connectivity index (χ0v) is 22.1. The van der Waals surface area contributed by atoms with Gasteiger partial charge in [-0.2, -0.15) is 0 Å². The summed E-state index contributed by atoms with van der Waals surface area (Å²) in [5.74, 6) is 0.101. The second-order valence-electron chi connectivity index (χ2n) is 9.58. The third-order valence-corrected chi connectivity index (χ3v) is 7.74. The second-order valence-corrected chi connectivity index (χ2v) is 10.3. The van der Waals surface area contributed by atoms with Crippen molar-refractivity contribution in [3.63, 3.8) is 0 Å². The highest BCUT2D eigenvalue weighted by atomic mass is 32.1. The second kappa shape index (κ2) is 10.9. The monoisotopic (exact) mass is 526 g/mol. The maximum absolute atomic E-state index is 10.8. The molecule has 38 heavy (non-hydrogen) atoms. The largest absolute Gasteiger partial charge is 0.494 e. The zero-order valence-electron chi connectivity index (χ0n) is 21.3. The Morgan fingerprint density at radius 3 is 2.76 bits per heavy atom. The van der Waals surface area contributed by atoms with Crippen molar-refractivity contribution in [3.8, 4) is 17.1 Å². The van der Waals surface area contributed by atoms with Crippen LogP contribution in [-0.2, 0) is 18.0 Å². The summed E-state index contributed by atoms with van der Waals surface area (Å²) in [6, 6.07) is 16.4. The van der Waals surface area contributed by atoms with E-state index in [0.717, 1.165) is 78.0 Å². The van der Waals surface area contributed by atoms with Crippen LogP contribution in [0.3, 0.4) is 0 Å². The number of oxime groups is 1. The number of hydrogen-bond acceptors (Lipinski definition) is 8. The summed E-state index contributed by atoms with van der Waals surface area (Å²) in [6.45, 7) is 9.14. The lowest BCUT2D eigenvalue weighted by Crippen LogP contribution is -2.45. The fraction of sp³-hybridized carbons (Fsp3) is 0.276. The number of piperazine rings is 1. The Morgan fingerprint density at radius 1 is 1.08 bits per heavy atom. The number of likely N-dealkylation sites (N-methyl/N-ethyl adjacent to an activating group) is 1. The van der Waals surface area contributed by atoms with E-state index < -0.39 is 0 Å². The van der Waals surface area contributed by atoms with Crippen molar-refractivity contribution in [1.82, 2.24) is 24.8 Å². The molecule has 0 atom stereocenters. The van der Waals surface area contributed by atoms with Crippen molar-refractivity contribution in [3.05, 3.63) is 76.2 Å². The summed E-state index contributed by atoms with van der Waals surface area (Å²) >= 11 is 1.53. The highest BCUT2D eigenvalue weighted by Crippen LogP contribution is 2.36. The molecule has 0 radical (unpaired) electrons. The molecule has 0 saturated carbocycles. The number of nitrogens with zero attached hydrogens (tertiary/aromatic N) is 5. The molecule has 0 aliphatic carbocycles. The standard InChI is InChI=1S/C29H30N6O2S/c1-2-34-9-11-35(12-10-34)16-21-4-7-25-22(13-21)5-8-26(32-25)28-24-6-3-20(14-27(24)33-29(28)36)15-31-37-17-23-18-38-19-30-23/h3-8,13-15,18-19,33,36H,2,9-12,16-17H2,1H3/b31-15+. The Morgan fingerprint density at radius 2 is 1.95 bits per heavy atom. The predicted octanol–water partition coefficient (Wildman–Crippen LogP) is 5.23. The Labute approximate surface area is 225 Å². The van der Waals surface area contributed by atoms with E-state index in [4.69, 9.17) is 9.82 Å². The van der Waals surface area contributed by atoms with Crippen LogP contribution in [0.1, 0.15) is 23.7 Å². The minimum Gasteiger partial charge on any atom is -0.494 e. The lowest BCUT2D eigenvalue weighted by molar-refractivity contribution is 0.130. The third kappa shape index (κ3) is 5.26. The van der Waals surface area contributed by atoms with Gasteiger partial charge in [0, 0.05) is 54.4 Å². The van der Waals surface area contributed by atoms with Gasteiger partial charge in [0.15, 0.2) is 12.5 Å². The molecule has 0 amide bonds. The van der Waals surface area contributed by atoms with Crippen molar-refractivity contribution in [2.24, 2.45) is 5.16 Å². The number of thiazole rings is 1. The first-order valence-corrected chi connectivity index (χ1v) is 13.8. The van der Waals surface area contributed by atoms with E-state index in [2.05, 4.69) is 56.1 Å². The summed E-state index contributed by atoms with van der Waals surface area (Å²) in [5, 5.41) is 18.7. The van der Waals surface area contributed by atoms with E-state index in [-0.39, 0.29) is 5.88 Å². The maximum Gasteiger partial charge on any atom is 0.199 e. The quantitative estimate of drug-likeness (QED) is 0.213. The van der Waals surface area contributed by atoms with Crippen LogP contribution >= 0.6 is 11.3 Å². The molecular weight excluding hydrogens is 496 g/mol. The van der Waals surface area contributed by atoms with Crippen LogP contribution in [0.2, 0.25) is 0 Å². The molecule has 3 aromatic heterocycles. The molecule has 0 bridgehead atoms. The molecule has 4 heterocycles. The van der Waals surface area contributed by atoms with Crippen LogP contribution in [0.5, 0.6) is 5.88 Å². The smallest absolute Gasteiger partial charge is 0.199 e. The van der Waals surface area contributed by atoms with Crippen LogP contribution in [0, 0.1) is 0 Å². The molecule has 1 saturated heterocycles. The number of aromatic nitrogens is 3. The van der Waals surface area contributed by atoms with Crippen LogP contribution in [0.25, 0.3) is 33.1 Å². The topological polar surface area (TPSA) is 89.9 Å². The maximum atomic E-state index is 10.8. The molecule has 0 spiro atoms. The van der Waals surface area contributed by atoms with Crippen molar-refractivity contribution < 1.29 is 9.94 Å². The molecule has 5 aromatic rings. The average Bonchev–Trinajstić information content (AvgIpc) is 3.58. The number of hydrogen-bond donors (Lipinski definition) is 2. The van der Waals surface area contributed by atoms with Gasteiger partial charge in [-0.25, -0.2) is 9.97 Å². The van der Waals surface area contributed by atoms with Gasteiger partial charge < -0.3 is 19.8 Å². The van der Waals surface area contributed by atoms with Gasteiger partial charge in [-0.3, -0.25) is 4.90 Å². The molecule has 1 fully saturated rings. The van der Waals surface area contributed by atoms with Gasteiger partial charge in [-0.15, -0.1) is 11.3 Å². The van der Waals surface area contributed by atoms with Crippen LogP contribution in [0.15, 0.2) is 64.6 Å². The Kier molecular flexibility index (Phi) is 7.04. The summed E-state index contributed by atoms with van der Waals surface area (Å²) in [4.78, 5) is 22.5. The Bertz CT molecular complexity index is 1570. The number of aromatic hydroxyl groups is 1. The average molecular weight is 527 g/mol. The number of fused-ring (bicyclic) bond motifs is 2. The number of H-pyrrole nitrogens is 1. The van der Waals surface area contributed by atoms with E-state index in [1.54, 1.807) is 11.7 Å². The van der Waals surface area contributed by atoms with E-state index >= 15 is 0 Å². The molecule has 0 unspecified atom stereocenters. The van der Waals surface area contributed by atoms with E-state index in [9.17, 15) is 5.11 Å². The van der Waals surface area contributed by atoms with Gasteiger partial charge in [0.2, 0.25) is 0 Å². The highest BCUT2D eigenvalue weighted by molar-refractivity contribution is 7.07. The van der Waals surface area contributed by atoms with E-state index in [0.29, 0.717) is 12.2 Å². The first-order chi connectivity index (χ1) is 18.7. The Hall–Kier alpha value is -3.79. The SMILES string of the molecule is CCN1CCN(Cc2ccc3nc(-c4c(O)[nH]c5cc(/C=N/OCc6cscn6)ccc45)ccc3c2)CC1. The van der Waals surface area contributed by atoms with Gasteiger partial charge in [-0.05, 0) is 41.9 Å². The number of aromatic amines is 1. The number of nitrogens with one attached hydrogen (secondary N) is 1.